The average Bonchev–Trinajstić information content (AvgIpc) is 3.19. The molecule has 0 saturated carbocycles. The van der Waals surface area contributed by atoms with Gasteiger partial charge in [-0.15, -0.1) is 0 Å². The molecule has 1 aromatic carbocycles. The van der Waals surface area contributed by atoms with Gasteiger partial charge in [-0.1, -0.05) is 0 Å². The van der Waals surface area contributed by atoms with Crippen LogP contribution >= 0.6 is 0 Å². The molecule has 0 spiro atoms. The first-order valence-corrected chi connectivity index (χ1v) is 10.8. The van der Waals surface area contributed by atoms with E-state index in [0.717, 1.165) is 11.2 Å². The fourth-order valence-corrected chi connectivity index (χ4v) is 3.50. The quantitative estimate of drug-likeness (QED) is 0.307. The molecule has 0 fully saturated rings. The summed E-state index contributed by atoms with van der Waals surface area (Å²) in [6.45, 7) is 1.41. The van der Waals surface area contributed by atoms with Crippen molar-refractivity contribution < 1.29 is 23.0 Å². The second-order valence-corrected chi connectivity index (χ2v) is 7.56. The van der Waals surface area contributed by atoms with E-state index in [2.05, 4.69) is 15.0 Å². The summed E-state index contributed by atoms with van der Waals surface area (Å²) < 4.78 is 37.9. The van der Waals surface area contributed by atoms with E-state index in [4.69, 9.17) is 9.47 Å². The van der Waals surface area contributed by atoms with Crippen LogP contribution in [-0.4, -0.2) is 52.6 Å². The Morgan fingerprint density at radius 2 is 1.91 bits per heavy atom. The Hall–Kier alpha value is -4.28. The molecule has 4 rings (SSSR count). The predicted molar refractivity (Wildman–Crippen MR) is 128 cm³/mol. The Morgan fingerprint density at radius 1 is 1.14 bits per heavy atom. The van der Waals surface area contributed by atoms with Gasteiger partial charge in [0, 0.05) is 38.6 Å². The van der Waals surface area contributed by atoms with Crippen molar-refractivity contribution in [1.29, 1.82) is 0 Å². The summed E-state index contributed by atoms with van der Waals surface area (Å²) in [4.78, 5) is 28.0. The van der Waals surface area contributed by atoms with E-state index in [1.807, 2.05) is 31.3 Å². The number of halogens is 2. The first kappa shape index (κ1) is 23.9. The molecule has 1 amide bonds. The monoisotopic (exact) mass is 482 g/mol. The summed E-state index contributed by atoms with van der Waals surface area (Å²) in [7, 11) is 3.62. The fourth-order valence-electron chi connectivity index (χ4n) is 3.50. The van der Waals surface area contributed by atoms with Crippen molar-refractivity contribution in [1.82, 2.24) is 19.5 Å². The minimum absolute atomic E-state index is 0.151. The lowest BCUT2D eigenvalue weighted by Crippen LogP contribution is -2.24. The number of nitrogens with zero attached hydrogens (tertiary/aromatic N) is 6. The molecule has 0 aliphatic rings. The van der Waals surface area contributed by atoms with E-state index in [1.165, 1.54) is 17.2 Å². The molecule has 0 saturated heterocycles. The van der Waals surface area contributed by atoms with Crippen LogP contribution in [0.4, 0.5) is 26.0 Å². The zero-order valence-corrected chi connectivity index (χ0v) is 19.4. The van der Waals surface area contributed by atoms with Crippen LogP contribution in [0.15, 0.2) is 54.9 Å². The van der Waals surface area contributed by atoms with Crippen LogP contribution in [0.1, 0.15) is 6.92 Å². The second-order valence-electron chi connectivity index (χ2n) is 7.56. The molecule has 4 aromatic rings. The van der Waals surface area contributed by atoms with Gasteiger partial charge in [0.2, 0.25) is 6.41 Å². The fraction of sp³-hybridized carbons (Fsp3) is 0.250. The lowest BCUT2D eigenvalue weighted by molar-refractivity contribution is -0.107. The summed E-state index contributed by atoms with van der Waals surface area (Å²) in [5.41, 5.74) is 2.65. The number of aromatic nitrogens is 4. The normalized spacial score (nSPS) is 11.0. The van der Waals surface area contributed by atoms with Crippen molar-refractivity contribution in [2.75, 3.05) is 30.0 Å². The summed E-state index contributed by atoms with van der Waals surface area (Å²) in [6, 6.07) is 12.9. The number of rotatable bonds is 10. The SMILES string of the molecule is CCN(C=O)c1cc(OCC(F)F)cnc1N(C)c1ccc(Oc2nc3cccnc3n2C)cc1. The smallest absolute Gasteiger partial charge is 0.303 e. The highest BCUT2D eigenvalue weighted by Gasteiger charge is 2.18. The molecule has 11 heteroatoms. The van der Waals surface area contributed by atoms with E-state index in [1.54, 1.807) is 41.8 Å². The third kappa shape index (κ3) is 5.13. The third-order valence-electron chi connectivity index (χ3n) is 5.31. The van der Waals surface area contributed by atoms with Gasteiger partial charge in [-0.25, -0.2) is 18.7 Å². The van der Waals surface area contributed by atoms with Crippen LogP contribution < -0.4 is 19.3 Å². The number of carbonyl (C=O) groups is 1. The molecule has 0 aliphatic heterocycles. The molecule has 3 aromatic heterocycles. The molecule has 35 heavy (non-hydrogen) atoms. The van der Waals surface area contributed by atoms with Gasteiger partial charge in [-0.05, 0) is 43.3 Å². The van der Waals surface area contributed by atoms with Gasteiger partial charge in [0.1, 0.15) is 23.6 Å². The summed E-state index contributed by atoms with van der Waals surface area (Å²) in [5, 5.41) is 0. The molecule has 9 nitrogen and oxygen atoms in total. The van der Waals surface area contributed by atoms with Crippen molar-refractivity contribution in [3.63, 3.8) is 0 Å². The summed E-state index contributed by atoms with van der Waals surface area (Å²) in [6.07, 6.45) is 1.10. The second kappa shape index (κ2) is 10.3. The number of alkyl halides is 2. The van der Waals surface area contributed by atoms with Crippen molar-refractivity contribution >= 4 is 34.8 Å². The Kier molecular flexibility index (Phi) is 7.04. The van der Waals surface area contributed by atoms with Gasteiger partial charge in [-0.2, -0.15) is 4.98 Å². The number of aryl methyl sites for hydroxylation is 1. The summed E-state index contributed by atoms with van der Waals surface area (Å²) >= 11 is 0. The van der Waals surface area contributed by atoms with Gasteiger partial charge in [0.05, 0.1) is 11.9 Å². The Labute approximate surface area is 200 Å². The van der Waals surface area contributed by atoms with Gasteiger partial charge < -0.3 is 19.3 Å². The maximum absolute atomic E-state index is 12.5. The number of amides is 1. The van der Waals surface area contributed by atoms with Crippen molar-refractivity contribution in [3.8, 4) is 17.5 Å². The minimum atomic E-state index is -2.62. The highest BCUT2D eigenvalue weighted by molar-refractivity contribution is 5.85. The zero-order chi connectivity index (χ0) is 24.9. The predicted octanol–water partition coefficient (Wildman–Crippen LogP) is 4.55. The molecular formula is C24H24F2N6O3. The topological polar surface area (TPSA) is 85.6 Å². The maximum atomic E-state index is 12.5. The van der Waals surface area contributed by atoms with Crippen molar-refractivity contribution in [2.24, 2.45) is 7.05 Å². The number of ether oxygens (including phenoxy) is 2. The molecular weight excluding hydrogens is 458 g/mol. The molecule has 3 heterocycles. The number of carbonyl (C=O) groups excluding carboxylic acids is 1. The third-order valence-corrected chi connectivity index (χ3v) is 5.31. The molecule has 182 valence electrons. The summed E-state index contributed by atoms with van der Waals surface area (Å²) in [5.74, 6) is 1.18. The van der Waals surface area contributed by atoms with Gasteiger partial charge >= 0.3 is 6.01 Å². The number of imidazole rings is 1. The van der Waals surface area contributed by atoms with Crippen LogP contribution in [0.2, 0.25) is 0 Å². The molecule has 0 N–H and O–H groups in total. The Balaban J connectivity index is 1.58. The molecule has 0 radical (unpaired) electrons. The number of benzene rings is 1. The van der Waals surface area contributed by atoms with E-state index in [9.17, 15) is 13.6 Å². The minimum Gasteiger partial charge on any atom is -0.486 e. The van der Waals surface area contributed by atoms with Crippen LogP contribution in [0, 0.1) is 0 Å². The van der Waals surface area contributed by atoms with E-state index in [0.29, 0.717) is 41.9 Å². The molecule has 0 atom stereocenters. The van der Waals surface area contributed by atoms with E-state index >= 15 is 0 Å². The Morgan fingerprint density at radius 3 is 2.57 bits per heavy atom. The van der Waals surface area contributed by atoms with E-state index in [-0.39, 0.29) is 5.75 Å². The number of pyridine rings is 2. The standard InChI is InChI=1S/C24H24F2N6O3/c1-4-32(15-33)20-12-18(34-14-21(25)26)13-28-23(20)30(2)16-7-9-17(10-8-16)35-24-29-19-6-5-11-27-22(19)31(24)3/h5-13,15,21H,4,14H2,1-3H3. The highest BCUT2D eigenvalue weighted by Crippen LogP contribution is 2.35. The first-order valence-electron chi connectivity index (χ1n) is 10.8. The number of hydrogen-bond donors (Lipinski definition) is 0. The van der Waals surface area contributed by atoms with Gasteiger partial charge in [0.25, 0.3) is 6.43 Å². The average molecular weight is 482 g/mol. The molecule has 0 unspecified atom stereocenters. The van der Waals surface area contributed by atoms with Crippen molar-refractivity contribution in [2.45, 2.75) is 13.3 Å². The van der Waals surface area contributed by atoms with Crippen LogP contribution in [0.25, 0.3) is 11.2 Å². The van der Waals surface area contributed by atoms with E-state index < -0.39 is 13.0 Å². The van der Waals surface area contributed by atoms with Crippen LogP contribution in [0.3, 0.4) is 0 Å². The molecule has 0 bridgehead atoms. The van der Waals surface area contributed by atoms with Crippen LogP contribution in [0.5, 0.6) is 17.5 Å². The number of fused-ring (bicyclic) bond motifs is 1. The maximum Gasteiger partial charge on any atom is 0.303 e. The number of anilines is 3. The highest BCUT2D eigenvalue weighted by atomic mass is 19.3. The van der Waals surface area contributed by atoms with Crippen LogP contribution in [-0.2, 0) is 11.8 Å². The lowest BCUT2D eigenvalue weighted by Gasteiger charge is -2.26. The lowest BCUT2D eigenvalue weighted by atomic mass is 10.2. The van der Waals surface area contributed by atoms with Gasteiger partial charge in [0.15, 0.2) is 11.5 Å². The molecule has 0 aliphatic carbocycles. The first-order chi connectivity index (χ1) is 16.9. The van der Waals surface area contributed by atoms with Gasteiger partial charge in [-0.3, -0.25) is 9.36 Å². The largest absolute Gasteiger partial charge is 0.486 e. The van der Waals surface area contributed by atoms with Crippen molar-refractivity contribution in [3.05, 3.63) is 54.9 Å². The number of hydrogen-bond acceptors (Lipinski definition) is 7. The Bertz CT molecular complexity index is 1310. The zero-order valence-electron chi connectivity index (χ0n) is 19.4.